The summed E-state index contributed by atoms with van der Waals surface area (Å²) < 4.78 is 30.2. The van der Waals surface area contributed by atoms with Crippen LogP contribution in [0.4, 0.5) is 8.78 Å². The van der Waals surface area contributed by atoms with Crippen molar-refractivity contribution in [3.8, 4) is 11.4 Å². The molecule has 1 aliphatic carbocycles. The van der Waals surface area contributed by atoms with Crippen LogP contribution >= 0.6 is 12.4 Å². The quantitative estimate of drug-likeness (QED) is 0.775. The minimum absolute atomic E-state index is 0. The Morgan fingerprint density at radius 2 is 1.96 bits per heavy atom. The Morgan fingerprint density at radius 1 is 1.33 bits per heavy atom. The van der Waals surface area contributed by atoms with Crippen molar-refractivity contribution in [2.75, 3.05) is 6.54 Å². The maximum absolute atomic E-state index is 12.6. The highest BCUT2D eigenvalue weighted by molar-refractivity contribution is 5.93. The van der Waals surface area contributed by atoms with E-state index >= 15 is 0 Å². The minimum Gasteiger partial charge on any atom is -0.435 e. The van der Waals surface area contributed by atoms with Crippen molar-refractivity contribution >= 4 is 18.3 Å². The zero-order valence-electron chi connectivity index (χ0n) is 14.8. The summed E-state index contributed by atoms with van der Waals surface area (Å²) in [5.41, 5.74) is 6.84. The van der Waals surface area contributed by atoms with Crippen LogP contribution in [0.2, 0.25) is 0 Å². The highest BCUT2D eigenvalue weighted by atomic mass is 35.5. The van der Waals surface area contributed by atoms with Gasteiger partial charge >= 0.3 is 6.61 Å². The van der Waals surface area contributed by atoms with Gasteiger partial charge in [0.15, 0.2) is 5.69 Å². The van der Waals surface area contributed by atoms with Crippen LogP contribution in [0.25, 0.3) is 5.69 Å². The molecule has 1 aromatic carbocycles. The van der Waals surface area contributed by atoms with E-state index in [0.29, 0.717) is 17.9 Å². The van der Waals surface area contributed by atoms with Crippen molar-refractivity contribution in [1.82, 2.24) is 20.3 Å². The van der Waals surface area contributed by atoms with Crippen LogP contribution in [0.15, 0.2) is 24.3 Å². The lowest BCUT2D eigenvalue weighted by Gasteiger charge is -2.28. The van der Waals surface area contributed by atoms with E-state index in [0.717, 1.165) is 25.7 Å². The van der Waals surface area contributed by atoms with Crippen LogP contribution in [-0.4, -0.2) is 39.6 Å². The third-order valence-electron chi connectivity index (χ3n) is 4.75. The second-order valence-corrected chi connectivity index (χ2v) is 6.45. The Labute approximate surface area is 161 Å². The predicted molar refractivity (Wildman–Crippen MR) is 97.7 cm³/mol. The second-order valence-electron chi connectivity index (χ2n) is 6.45. The molecule has 0 saturated heterocycles. The van der Waals surface area contributed by atoms with Crippen molar-refractivity contribution < 1.29 is 18.3 Å². The Kier molecular flexibility index (Phi) is 6.72. The molecule has 0 unspecified atom stereocenters. The fourth-order valence-corrected chi connectivity index (χ4v) is 3.28. The van der Waals surface area contributed by atoms with Crippen LogP contribution in [0.5, 0.6) is 5.75 Å². The number of hydrogen-bond acceptors (Lipinski definition) is 5. The van der Waals surface area contributed by atoms with Gasteiger partial charge in [0.1, 0.15) is 5.75 Å². The zero-order chi connectivity index (χ0) is 18.7. The third kappa shape index (κ3) is 4.54. The number of carbonyl (C=O) groups is 1. The van der Waals surface area contributed by atoms with E-state index in [-0.39, 0.29) is 35.3 Å². The number of nitrogens with zero attached hydrogens (tertiary/aromatic N) is 3. The molecule has 1 amide bonds. The molecule has 1 heterocycles. The maximum Gasteiger partial charge on any atom is 0.387 e. The molecule has 3 N–H and O–H groups in total. The molecule has 1 saturated carbocycles. The van der Waals surface area contributed by atoms with Crippen molar-refractivity contribution in [3.05, 3.63) is 35.7 Å². The van der Waals surface area contributed by atoms with Gasteiger partial charge in [0, 0.05) is 6.54 Å². The average molecular weight is 402 g/mol. The first-order valence-corrected chi connectivity index (χ1v) is 8.44. The number of amides is 1. The number of nitrogens with one attached hydrogen (secondary N) is 1. The fourth-order valence-electron chi connectivity index (χ4n) is 3.28. The van der Waals surface area contributed by atoms with Crippen molar-refractivity contribution in [1.29, 1.82) is 0 Å². The molecular weight excluding hydrogens is 380 g/mol. The van der Waals surface area contributed by atoms with Gasteiger partial charge in [-0.05, 0) is 44.0 Å². The molecule has 0 aliphatic heterocycles. The number of rotatable bonds is 6. The van der Waals surface area contributed by atoms with Gasteiger partial charge in [-0.15, -0.1) is 17.5 Å². The highest BCUT2D eigenvalue weighted by Crippen LogP contribution is 2.29. The fraction of sp³-hybridized carbons (Fsp3) is 0.471. The summed E-state index contributed by atoms with van der Waals surface area (Å²) in [6, 6.07) is 5.95. The largest absolute Gasteiger partial charge is 0.435 e. The molecule has 10 heteroatoms. The number of aromatic nitrogens is 3. The molecule has 0 bridgehead atoms. The van der Waals surface area contributed by atoms with E-state index in [2.05, 4.69) is 20.4 Å². The van der Waals surface area contributed by atoms with E-state index in [1.54, 1.807) is 19.1 Å². The second kappa shape index (κ2) is 8.62. The SMILES string of the molecule is Cc1c(C(=O)NC2(CN)CCCC2)nnn1-c1ccc(OC(F)F)cc1.Cl. The van der Waals surface area contributed by atoms with Crippen LogP contribution in [0.1, 0.15) is 41.9 Å². The number of alkyl halides is 2. The van der Waals surface area contributed by atoms with Gasteiger partial charge in [-0.2, -0.15) is 8.78 Å². The number of carbonyl (C=O) groups excluding carboxylic acids is 1. The normalized spacial score (nSPS) is 15.4. The summed E-state index contributed by atoms with van der Waals surface area (Å²) in [7, 11) is 0. The van der Waals surface area contributed by atoms with Gasteiger partial charge < -0.3 is 15.8 Å². The van der Waals surface area contributed by atoms with Crippen molar-refractivity contribution in [3.63, 3.8) is 0 Å². The summed E-state index contributed by atoms with van der Waals surface area (Å²) in [6.07, 6.45) is 3.79. The average Bonchev–Trinajstić information content (AvgIpc) is 3.22. The zero-order valence-corrected chi connectivity index (χ0v) is 15.6. The Hall–Kier alpha value is -2.26. The Bertz CT molecular complexity index is 776. The van der Waals surface area contributed by atoms with E-state index in [9.17, 15) is 13.6 Å². The number of nitrogens with two attached hydrogens (primary N) is 1. The molecule has 2 aromatic rings. The molecule has 27 heavy (non-hydrogen) atoms. The topological polar surface area (TPSA) is 95.1 Å². The lowest BCUT2D eigenvalue weighted by molar-refractivity contribution is -0.0498. The monoisotopic (exact) mass is 401 g/mol. The van der Waals surface area contributed by atoms with E-state index in [4.69, 9.17) is 5.73 Å². The van der Waals surface area contributed by atoms with Gasteiger partial charge in [-0.1, -0.05) is 18.1 Å². The first-order chi connectivity index (χ1) is 12.4. The summed E-state index contributed by atoms with van der Waals surface area (Å²) >= 11 is 0. The lowest BCUT2D eigenvalue weighted by Crippen LogP contribution is -2.51. The summed E-state index contributed by atoms with van der Waals surface area (Å²) in [6.45, 7) is -0.769. The molecule has 0 spiro atoms. The maximum atomic E-state index is 12.6. The summed E-state index contributed by atoms with van der Waals surface area (Å²) in [5, 5.41) is 11.0. The number of ether oxygens (including phenoxy) is 1. The van der Waals surface area contributed by atoms with E-state index in [1.165, 1.54) is 16.8 Å². The molecule has 1 fully saturated rings. The van der Waals surface area contributed by atoms with Crippen molar-refractivity contribution in [2.24, 2.45) is 5.73 Å². The standard InChI is InChI=1S/C17H21F2N5O2.ClH/c1-11-14(15(25)21-17(10-20)8-2-3-9-17)22-23-24(11)12-4-6-13(7-5-12)26-16(18)19;/h4-7,16H,2-3,8-10,20H2,1H3,(H,21,25);1H. The van der Waals surface area contributed by atoms with Gasteiger partial charge in [-0.3, -0.25) is 4.79 Å². The number of benzene rings is 1. The van der Waals surface area contributed by atoms with Crippen LogP contribution in [0.3, 0.4) is 0 Å². The molecule has 148 valence electrons. The van der Waals surface area contributed by atoms with Crippen LogP contribution in [0, 0.1) is 6.92 Å². The van der Waals surface area contributed by atoms with Gasteiger partial charge in [0.2, 0.25) is 0 Å². The molecule has 7 nitrogen and oxygen atoms in total. The molecule has 3 rings (SSSR count). The van der Waals surface area contributed by atoms with Crippen LogP contribution in [-0.2, 0) is 0 Å². The summed E-state index contributed by atoms with van der Waals surface area (Å²) in [5.74, 6) is -0.260. The van der Waals surface area contributed by atoms with Crippen molar-refractivity contribution in [2.45, 2.75) is 44.8 Å². The molecule has 1 aromatic heterocycles. The Balaban J connectivity index is 0.00000261. The first kappa shape index (κ1) is 21.0. The molecular formula is C17H22ClF2N5O2. The Morgan fingerprint density at radius 3 is 2.52 bits per heavy atom. The molecule has 0 radical (unpaired) electrons. The minimum atomic E-state index is -2.88. The smallest absolute Gasteiger partial charge is 0.387 e. The van der Waals surface area contributed by atoms with Crippen LogP contribution < -0.4 is 15.8 Å². The first-order valence-electron chi connectivity index (χ1n) is 8.44. The summed E-state index contributed by atoms with van der Waals surface area (Å²) in [4.78, 5) is 12.6. The van der Waals surface area contributed by atoms with Gasteiger partial charge in [-0.25, -0.2) is 4.68 Å². The highest BCUT2D eigenvalue weighted by Gasteiger charge is 2.35. The van der Waals surface area contributed by atoms with Gasteiger partial charge in [0.05, 0.1) is 16.9 Å². The van der Waals surface area contributed by atoms with Gasteiger partial charge in [0.25, 0.3) is 5.91 Å². The number of halogens is 3. The van der Waals surface area contributed by atoms with E-state index < -0.39 is 6.61 Å². The third-order valence-corrected chi connectivity index (χ3v) is 4.75. The van der Waals surface area contributed by atoms with E-state index in [1.807, 2.05) is 0 Å². The predicted octanol–water partition coefficient (Wildman–Crippen LogP) is 2.60. The lowest BCUT2D eigenvalue weighted by atomic mass is 9.97. The molecule has 1 aliphatic rings. The molecule has 0 atom stereocenters. The number of hydrogen-bond donors (Lipinski definition) is 2.